The molecule has 0 bridgehead atoms. The molecule has 0 saturated heterocycles. The lowest BCUT2D eigenvalue weighted by Crippen LogP contribution is -2.36. The molecule has 0 radical (unpaired) electrons. The minimum absolute atomic E-state index is 0.0499. The van der Waals surface area contributed by atoms with Gasteiger partial charge < -0.3 is 15.0 Å². The quantitative estimate of drug-likeness (QED) is 0.291. The minimum atomic E-state index is -1.34. The maximum Gasteiger partial charge on any atom is 0.149 e. The van der Waals surface area contributed by atoms with Crippen LogP contribution in [0.25, 0.3) is 0 Å². The first-order chi connectivity index (χ1) is 12.9. The van der Waals surface area contributed by atoms with Gasteiger partial charge in [0.25, 0.3) is 0 Å². The van der Waals surface area contributed by atoms with Gasteiger partial charge in [-0.2, -0.15) is 0 Å². The molecule has 0 aliphatic heterocycles. The van der Waals surface area contributed by atoms with Crippen molar-refractivity contribution in [1.29, 1.82) is 0 Å². The zero-order chi connectivity index (χ0) is 20.0. The van der Waals surface area contributed by atoms with Crippen LogP contribution in [0.3, 0.4) is 0 Å². The van der Waals surface area contributed by atoms with Crippen LogP contribution in [-0.4, -0.2) is 41.9 Å². The van der Waals surface area contributed by atoms with Gasteiger partial charge in [0.15, 0.2) is 0 Å². The van der Waals surface area contributed by atoms with Crippen LogP contribution in [0, 0.1) is 12.7 Å². The van der Waals surface area contributed by atoms with Gasteiger partial charge >= 0.3 is 0 Å². The number of aryl methyl sites for hydroxylation is 1. The maximum absolute atomic E-state index is 14.3. The third kappa shape index (κ3) is 5.32. The highest BCUT2D eigenvalue weighted by Gasteiger charge is 2.27. The van der Waals surface area contributed by atoms with Crippen molar-refractivity contribution in [1.82, 2.24) is 9.62 Å². The van der Waals surface area contributed by atoms with Crippen LogP contribution in [0.4, 0.5) is 10.1 Å². The second-order valence-electron chi connectivity index (χ2n) is 6.55. The SMILES string of the molecule is COC(=C/C=O)/C(NS(=O)C1CCC1)=C(/Nc1ccc(C)cc1F)N(C)C. The summed E-state index contributed by atoms with van der Waals surface area (Å²) in [6.45, 7) is 1.81. The molecule has 148 valence electrons. The highest BCUT2D eigenvalue weighted by atomic mass is 32.2. The van der Waals surface area contributed by atoms with Crippen molar-refractivity contribution in [3.63, 3.8) is 0 Å². The van der Waals surface area contributed by atoms with Crippen LogP contribution in [0.15, 0.2) is 41.6 Å². The number of nitrogens with zero attached hydrogens (tertiary/aromatic N) is 1. The topological polar surface area (TPSA) is 70.7 Å². The molecule has 0 heterocycles. The van der Waals surface area contributed by atoms with Crippen molar-refractivity contribution in [3.8, 4) is 0 Å². The van der Waals surface area contributed by atoms with Crippen molar-refractivity contribution in [2.24, 2.45) is 0 Å². The maximum atomic E-state index is 14.3. The van der Waals surface area contributed by atoms with Gasteiger partial charge in [0.2, 0.25) is 0 Å². The van der Waals surface area contributed by atoms with E-state index in [2.05, 4.69) is 10.0 Å². The number of rotatable bonds is 9. The van der Waals surface area contributed by atoms with Gasteiger partial charge in [-0.3, -0.25) is 9.52 Å². The lowest BCUT2D eigenvalue weighted by molar-refractivity contribution is -0.104. The molecule has 1 aliphatic carbocycles. The highest BCUT2D eigenvalue weighted by molar-refractivity contribution is 7.83. The number of carbonyl (C=O) groups is 1. The van der Waals surface area contributed by atoms with E-state index in [1.807, 2.05) is 0 Å². The Morgan fingerprint density at radius 2 is 2.07 bits per heavy atom. The van der Waals surface area contributed by atoms with E-state index in [1.54, 1.807) is 38.1 Å². The number of carbonyl (C=O) groups excluding carboxylic acids is 1. The molecule has 6 nitrogen and oxygen atoms in total. The normalized spacial score (nSPS) is 16.7. The van der Waals surface area contributed by atoms with Crippen LogP contribution in [-0.2, 0) is 20.5 Å². The van der Waals surface area contributed by atoms with E-state index in [0.29, 0.717) is 17.8 Å². The molecule has 2 rings (SSSR count). The third-order valence-corrected chi connectivity index (χ3v) is 5.79. The first-order valence-corrected chi connectivity index (χ1v) is 9.90. The molecule has 0 amide bonds. The first-order valence-electron chi connectivity index (χ1n) is 8.69. The Labute approximate surface area is 162 Å². The molecule has 1 fully saturated rings. The number of anilines is 1. The fourth-order valence-electron chi connectivity index (χ4n) is 2.55. The summed E-state index contributed by atoms with van der Waals surface area (Å²) >= 11 is 0. The molecule has 1 atom stereocenters. The minimum Gasteiger partial charge on any atom is -0.494 e. The Hall–Kier alpha value is -2.35. The number of halogens is 1. The molecule has 8 heteroatoms. The molecule has 1 aromatic carbocycles. The molecule has 0 spiro atoms. The van der Waals surface area contributed by atoms with Gasteiger partial charge in [0, 0.05) is 20.2 Å². The van der Waals surface area contributed by atoms with Crippen LogP contribution >= 0.6 is 0 Å². The number of nitrogens with one attached hydrogen (secondary N) is 2. The summed E-state index contributed by atoms with van der Waals surface area (Å²) in [5.74, 6) is 0.230. The standard InChI is InChI=1S/C19H26FN3O3S/c1-13-8-9-16(15(20)12-13)21-19(23(2)3)18(17(26-4)10-11-24)22-27(25)14-6-5-7-14/h8-12,14,21-22H,5-7H2,1-4H3/b17-10+,19-18+. The summed E-state index contributed by atoms with van der Waals surface area (Å²) in [5, 5.41) is 3.07. The number of benzene rings is 1. The van der Waals surface area contributed by atoms with E-state index in [4.69, 9.17) is 4.74 Å². The largest absolute Gasteiger partial charge is 0.494 e. The number of hydrogen-bond donors (Lipinski definition) is 2. The Bertz CT molecular complexity index is 773. The van der Waals surface area contributed by atoms with Crippen LogP contribution in [0.2, 0.25) is 0 Å². The molecule has 0 aromatic heterocycles. The van der Waals surface area contributed by atoms with Crippen molar-refractivity contribution in [2.45, 2.75) is 31.4 Å². The predicted octanol–water partition coefficient (Wildman–Crippen LogP) is 2.81. The van der Waals surface area contributed by atoms with E-state index < -0.39 is 16.8 Å². The number of aldehydes is 1. The molecular formula is C19H26FN3O3S. The Kier molecular flexibility index (Phi) is 7.41. The van der Waals surface area contributed by atoms with Gasteiger partial charge in [-0.05, 0) is 37.5 Å². The Morgan fingerprint density at radius 1 is 1.37 bits per heavy atom. The predicted molar refractivity (Wildman–Crippen MR) is 106 cm³/mol. The summed E-state index contributed by atoms with van der Waals surface area (Å²) < 4.78 is 35.2. The second-order valence-corrected chi connectivity index (χ2v) is 8.02. The molecule has 1 aromatic rings. The average molecular weight is 396 g/mol. The molecule has 1 aliphatic rings. The molecular weight excluding hydrogens is 369 g/mol. The lowest BCUT2D eigenvalue weighted by atomic mass is 10.0. The highest BCUT2D eigenvalue weighted by Crippen LogP contribution is 2.26. The van der Waals surface area contributed by atoms with Crippen molar-refractivity contribution in [3.05, 3.63) is 52.9 Å². The lowest BCUT2D eigenvalue weighted by Gasteiger charge is -2.28. The van der Waals surface area contributed by atoms with Gasteiger partial charge in [-0.1, -0.05) is 12.5 Å². The fraction of sp³-hybridized carbons (Fsp3) is 0.421. The summed E-state index contributed by atoms with van der Waals surface area (Å²) in [7, 11) is 3.60. The van der Waals surface area contributed by atoms with Crippen LogP contribution in [0.5, 0.6) is 0 Å². The van der Waals surface area contributed by atoms with Crippen molar-refractivity contribution in [2.75, 3.05) is 26.5 Å². The summed E-state index contributed by atoms with van der Waals surface area (Å²) in [6.07, 6.45) is 4.63. The second kappa shape index (κ2) is 9.55. The molecule has 1 unspecified atom stereocenters. The average Bonchev–Trinajstić information content (AvgIpc) is 2.55. The zero-order valence-corrected chi connectivity index (χ0v) is 16.9. The van der Waals surface area contributed by atoms with Crippen LogP contribution in [0.1, 0.15) is 24.8 Å². The number of ether oxygens (including phenoxy) is 1. The van der Waals surface area contributed by atoms with Crippen molar-refractivity contribution >= 4 is 23.0 Å². The third-order valence-electron chi connectivity index (χ3n) is 4.31. The monoisotopic (exact) mass is 395 g/mol. The molecule has 1 saturated carbocycles. The fourth-order valence-corrected chi connectivity index (χ4v) is 3.87. The zero-order valence-electron chi connectivity index (χ0n) is 16.0. The smallest absolute Gasteiger partial charge is 0.149 e. The Morgan fingerprint density at radius 3 is 2.56 bits per heavy atom. The van der Waals surface area contributed by atoms with E-state index >= 15 is 0 Å². The van der Waals surface area contributed by atoms with Gasteiger partial charge in [0.1, 0.15) is 40.4 Å². The van der Waals surface area contributed by atoms with Crippen LogP contribution < -0.4 is 10.0 Å². The van der Waals surface area contributed by atoms with E-state index in [0.717, 1.165) is 24.8 Å². The Balaban J connectivity index is 2.48. The summed E-state index contributed by atoms with van der Waals surface area (Å²) in [4.78, 5) is 12.7. The first kappa shape index (κ1) is 21.0. The molecule has 27 heavy (non-hydrogen) atoms. The van der Waals surface area contributed by atoms with E-state index in [-0.39, 0.29) is 16.7 Å². The van der Waals surface area contributed by atoms with E-state index in [1.165, 1.54) is 19.3 Å². The van der Waals surface area contributed by atoms with Gasteiger partial charge in [0.05, 0.1) is 18.0 Å². The van der Waals surface area contributed by atoms with E-state index in [9.17, 15) is 13.4 Å². The summed E-state index contributed by atoms with van der Waals surface area (Å²) in [5.41, 5.74) is 1.40. The number of allylic oxidation sites excluding steroid dienone is 1. The van der Waals surface area contributed by atoms with Gasteiger partial charge in [-0.25, -0.2) is 8.60 Å². The number of methoxy groups -OCH3 is 1. The van der Waals surface area contributed by atoms with Gasteiger partial charge in [-0.15, -0.1) is 0 Å². The number of hydrogen-bond acceptors (Lipinski definition) is 5. The molecule has 2 N–H and O–H groups in total. The van der Waals surface area contributed by atoms with Crippen molar-refractivity contribution < 1.29 is 18.1 Å². The summed E-state index contributed by atoms with van der Waals surface area (Å²) in [6, 6.07) is 4.84.